The van der Waals surface area contributed by atoms with Crippen molar-refractivity contribution < 1.29 is 8.42 Å². The Kier molecular flexibility index (Phi) is 5.26. The van der Waals surface area contributed by atoms with E-state index in [0.29, 0.717) is 5.02 Å². The highest BCUT2D eigenvalue weighted by molar-refractivity contribution is 7.90. The summed E-state index contributed by atoms with van der Waals surface area (Å²) in [6, 6.07) is 22.6. The molecule has 30 heavy (non-hydrogen) atoms. The molecule has 0 saturated carbocycles. The predicted molar refractivity (Wildman–Crippen MR) is 122 cm³/mol. The van der Waals surface area contributed by atoms with Crippen molar-refractivity contribution in [3.63, 3.8) is 0 Å². The second kappa shape index (κ2) is 7.74. The maximum Gasteiger partial charge on any atom is 0.175 e. The second-order valence-electron chi connectivity index (χ2n) is 7.37. The third kappa shape index (κ3) is 3.91. The summed E-state index contributed by atoms with van der Waals surface area (Å²) in [6.07, 6.45) is 1.20. The Morgan fingerprint density at radius 1 is 0.867 bits per heavy atom. The predicted octanol–water partition coefficient (Wildman–Crippen LogP) is 5.88. The highest BCUT2D eigenvalue weighted by Crippen LogP contribution is 2.32. The Bertz CT molecular complexity index is 1300. The lowest BCUT2D eigenvalue weighted by Crippen LogP contribution is -2.02. The van der Waals surface area contributed by atoms with Crippen LogP contribution in [0.25, 0.3) is 28.2 Å². The molecule has 0 fully saturated rings. The topological polar surface area (TPSA) is 52.0 Å². The van der Waals surface area contributed by atoms with Crippen molar-refractivity contribution in [2.75, 3.05) is 6.26 Å². The molecule has 0 aliphatic carbocycles. The van der Waals surface area contributed by atoms with Gasteiger partial charge in [-0.2, -0.15) is 5.10 Å². The molecule has 4 rings (SSSR count). The molecular formula is C24H21ClN2O2S. The highest BCUT2D eigenvalue weighted by Gasteiger charge is 2.16. The van der Waals surface area contributed by atoms with Crippen LogP contribution in [0.4, 0.5) is 0 Å². The summed E-state index contributed by atoms with van der Waals surface area (Å²) in [5.74, 6) is 0. The zero-order valence-electron chi connectivity index (χ0n) is 16.9. The van der Waals surface area contributed by atoms with Crippen molar-refractivity contribution in [3.05, 3.63) is 88.9 Å². The van der Waals surface area contributed by atoms with Gasteiger partial charge >= 0.3 is 0 Å². The molecule has 4 nitrogen and oxygen atoms in total. The molecule has 0 unspecified atom stereocenters. The summed E-state index contributed by atoms with van der Waals surface area (Å²) in [5.41, 5.74) is 6.91. The number of hydrogen-bond donors (Lipinski definition) is 0. The lowest BCUT2D eigenvalue weighted by molar-refractivity contribution is 0.602. The van der Waals surface area contributed by atoms with Crippen LogP contribution >= 0.6 is 11.6 Å². The minimum Gasteiger partial charge on any atom is -0.232 e. The number of nitrogens with zero attached hydrogens (tertiary/aromatic N) is 2. The van der Waals surface area contributed by atoms with Crippen molar-refractivity contribution in [3.8, 4) is 28.2 Å². The van der Waals surface area contributed by atoms with Crippen LogP contribution in [0.15, 0.2) is 77.7 Å². The van der Waals surface area contributed by atoms with Crippen LogP contribution in [-0.4, -0.2) is 24.5 Å². The number of aromatic nitrogens is 2. The molecule has 0 bridgehead atoms. The molecule has 6 heteroatoms. The fourth-order valence-corrected chi connectivity index (χ4v) is 4.34. The van der Waals surface area contributed by atoms with Crippen LogP contribution in [0.3, 0.4) is 0 Å². The molecule has 0 N–H and O–H groups in total. The first kappa shape index (κ1) is 20.4. The first-order valence-corrected chi connectivity index (χ1v) is 11.7. The highest BCUT2D eigenvalue weighted by atomic mass is 35.5. The Hall–Kier alpha value is -2.89. The smallest absolute Gasteiger partial charge is 0.175 e. The minimum atomic E-state index is -3.26. The Morgan fingerprint density at radius 3 is 2.03 bits per heavy atom. The standard InChI is InChI=1S/C24H21ClN2O2S/c1-16-5-4-6-17(2)24(16)22-15-23(18-7-9-19(25)10-8-18)27(26-22)20-11-13-21(14-12-20)30(3,28)29/h4-15H,1-3H3. The number of benzene rings is 3. The molecular weight excluding hydrogens is 416 g/mol. The number of hydrogen-bond acceptors (Lipinski definition) is 3. The van der Waals surface area contributed by atoms with E-state index in [9.17, 15) is 8.42 Å². The van der Waals surface area contributed by atoms with E-state index < -0.39 is 9.84 Å². The summed E-state index contributed by atoms with van der Waals surface area (Å²) in [5, 5.41) is 5.56. The third-order valence-corrected chi connectivity index (χ3v) is 6.48. The summed E-state index contributed by atoms with van der Waals surface area (Å²) in [4.78, 5) is 0.279. The van der Waals surface area contributed by atoms with Gasteiger partial charge in [0, 0.05) is 22.4 Å². The first-order valence-electron chi connectivity index (χ1n) is 9.47. The van der Waals surface area contributed by atoms with Gasteiger partial charge in [-0.3, -0.25) is 0 Å². The van der Waals surface area contributed by atoms with E-state index in [0.717, 1.165) is 39.3 Å². The van der Waals surface area contributed by atoms with Crippen molar-refractivity contribution in [1.29, 1.82) is 0 Å². The lowest BCUT2D eigenvalue weighted by Gasteiger charge is -2.09. The molecule has 0 aliphatic rings. The van der Waals surface area contributed by atoms with Gasteiger partial charge in [0.15, 0.2) is 9.84 Å². The number of halogens is 1. The number of sulfone groups is 1. The molecule has 3 aromatic carbocycles. The third-order valence-electron chi connectivity index (χ3n) is 5.10. The van der Waals surface area contributed by atoms with Crippen molar-refractivity contribution >= 4 is 21.4 Å². The van der Waals surface area contributed by atoms with Crippen LogP contribution in [0.5, 0.6) is 0 Å². The van der Waals surface area contributed by atoms with Gasteiger partial charge in [0.05, 0.1) is 22.0 Å². The zero-order chi connectivity index (χ0) is 21.5. The van der Waals surface area contributed by atoms with Gasteiger partial charge < -0.3 is 0 Å². The van der Waals surface area contributed by atoms with E-state index in [2.05, 4.69) is 32.0 Å². The molecule has 4 aromatic rings. The van der Waals surface area contributed by atoms with Gasteiger partial charge in [-0.1, -0.05) is 41.9 Å². The average Bonchev–Trinajstić information content (AvgIpc) is 3.13. The maximum atomic E-state index is 11.8. The van der Waals surface area contributed by atoms with E-state index in [4.69, 9.17) is 16.7 Å². The van der Waals surface area contributed by atoms with Gasteiger partial charge in [-0.25, -0.2) is 13.1 Å². The molecule has 152 valence electrons. The molecule has 0 amide bonds. The van der Waals surface area contributed by atoms with Crippen LogP contribution in [0.2, 0.25) is 5.02 Å². The fraction of sp³-hybridized carbons (Fsp3) is 0.125. The molecule has 0 aliphatic heterocycles. The van der Waals surface area contributed by atoms with Crippen LogP contribution in [0, 0.1) is 13.8 Å². The molecule has 0 saturated heterocycles. The van der Waals surface area contributed by atoms with Crippen LogP contribution in [0.1, 0.15) is 11.1 Å². The lowest BCUT2D eigenvalue weighted by atomic mass is 9.99. The van der Waals surface area contributed by atoms with Gasteiger partial charge in [0.25, 0.3) is 0 Å². The maximum absolute atomic E-state index is 11.8. The minimum absolute atomic E-state index is 0.279. The summed E-state index contributed by atoms with van der Waals surface area (Å²) < 4.78 is 25.5. The van der Waals surface area contributed by atoms with Gasteiger partial charge in [0.2, 0.25) is 0 Å². The summed E-state index contributed by atoms with van der Waals surface area (Å²) >= 11 is 6.08. The van der Waals surface area contributed by atoms with E-state index in [1.54, 1.807) is 24.3 Å². The van der Waals surface area contributed by atoms with E-state index in [1.807, 2.05) is 35.0 Å². The second-order valence-corrected chi connectivity index (χ2v) is 9.82. The van der Waals surface area contributed by atoms with Gasteiger partial charge in [0.1, 0.15) is 0 Å². The van der Waals surface area contributed by atoms with Crippen LogP contribution < -0.4 is 0 Å². The SMILES string of the molecule is Cc1cccc(C)c1-c1cc(-c2ccc(Cl)cc2)n(-c2ccc(S(C)(=O)=O)cc2)n1. The van der Waals surface area contributed by atoms with E-state index in [-0.39, 0.29) is 4.90 Å². The monoisotopic (exact) mass is 436 g/mol. The van der Waals surface area contributed by atoms with Crippen molar-refractivity contribution in [2.45, 2.75) is 18.7 Å². The molecule has 1 aromatic heterocycles. The molecule has 0 spiro atoms. The Labute approximate surface area is 181 Å². The zero-order valence-corrected chi connectivity index (χ0v) is 18.5. The van der Waals surface area contributed by atoms with Gasteiger partial charge in [-0.15, -0.1) is 0 Å². The van der Waals surface area contributed by atoms with Crippen molar-refractivity contribution in [2.24, 2.45) is 0 Å². The summed E-state index contributed by atoms with van der Waals surface area (Å²) in [7, 11) is -3.26. The van der Waals surface area contributed by atoms with E-state index >= 15 is 0 Å². The fourth-order valence-electron chi connectivity index (χ4n) is 3.58. The molecule has 1 heterocycles. The first-order chi connectivity index (χ1) is 14.2. The van der Waals surface area contributed by atoms with Crippen LogP contribution in [-0.2, 0) is 9.84 Å². The van der Waals surface area contributed by atoms with Gasteiger partial charge in [-0.05, 0) is 67.4 Å². The molecule has 0 atom stereocenters. The average molecular weight is 437 g/mol. The normalized spacial score (nSPS) is 11.6. The van der Waals surface area contributed by atoms with E-state index in [1.165, 1.54) is 6.26 Å². The van der Waals surface area contributed by atoms with Crippen molar-refractivity contribution in [1.82, 2.24) is 9.78 Å². The number of rotatable bonds is 4. The quantitative estimate of drug-likeness (QED) is 0.401. The Morgan fingerprint density at radius 2 is 1.47 bits per heavy atom. The Balaban J connectivity index is 1.92. The summed E-state index contributed by atoms with van der Waals surface area (Å²) in [6.45, 7) is 4.15. The number of aryl methyl sites for hydroxylation is 2. The largest absolute Gasteiger partial charge is 0.232 e. The molecule has 0 radical (unpaired) electrons.